The van der Waals surface area contributed by atoms with E-state index < -0.39 is 0 Å². The van der Waals surface area contributed by atoms with Crippen LogP contribution in [0, 0.1) is 0 Å². The first-order valence-corrected chi connectivity index (χ1v) is 13.1. The molecule has 1 atom stereocenters. The van der Waals surface area contributed by atoms with Crippen molar-refractivity contribution < 1.29 is 9.90 Å². The molecule has 2 aliphatic rings. The van der Waals surface area contributed by atoms with Crippen LogP contribution in [0.25, 0.3) is 10.8 Å². The summed E-state index contributed by atoms with van der Waals surface area (Å²) < 4.78 is 0. The van der Waals surface area contributed by atoms with Crippen LogP contribution in [0.2, 0.25) is 0 Å². The zero-order chi connectivity index (χ0) is 24.2. The lowest BCUT2D eigenvalue weighted by atomic mass is 9.97. The van der Waals surface area contributed by atoms with Gasteiger partial charge in [0.25, 0.3) is 0 Å². The highest BCUT2D eigenvalue weighted by Crippen LogP contribution is 2.27. The van der Waals surface area contributed by atoms with Gasteiger partial charge in [0.15, 0.2) is 0 Å². The van der Waals surface area contributed by atoms with Crippen LogP contribution in [0.4, 0.5) is 5.69 Å². The van der Waals surface area contributed by atoms with Gasteiger partial charge in [0, 0.05) is 44.0 Å². The van der Waals surface area contributed by atoms with Gasteiger partial charge in [0.05, 0.1) is 12.5 Å². The number of piperidine rings is 2. The van der Waals surface area contributed by atoms with Gasteiger partial charge in [-0.05, 0) is 66.6 Å². The fourth-order valence-corrected chi connectivity index (χ4v) is 5.60. The van der Waals surface area contributed by atoms with E-state index in [4.69, 9.17) is 0 Å². The third kappa shape index (κ3) is 5.68. The SMILES string of the molecule is CC(NC1CCN(c2ccc(CC(=O)N3CCC(O)CC3)cc2)CC1)c1cccc2ccccc12. The summed E-state index contributed by atoms with van der Waals surface area (Å²) in [4.78, 5) is 16.9. The summed E-state index contributed by atoms with van der Waals surface area (Å²) in [5.74, 6) is 0.164. The zero-order valence-electron chi connectivity index (χ0n) is 20.7. The number of carbonyl (C=O) groups excluding carboxylic acids is 1. The Morgan fingerprint density at radius 3 is 2.34 bits per heavy atom. The number of nitrogens with one attached hydrogen (secondary N) is 1. The normalized spacial score (nSPS) is 18.7. The first-order chi connectivity index (χ1) is 17.1. The highest BCUT2D eigenvalue weighted by atomic mass is 16.3. The van der Waals surface area contributed by atoms with Crippen LogP contribution in [-0.4, -0.2) is 54.2 Å². The van der Waals surface area contributed by atoms with E-state index in [0.29, 0.717) is 44.4 Å². The molecule has 5 rings (SSSR count). The Hall–Kier alpha value is -2.89. The lowest BCUT2D eigenvalue weighted by Crippen LogP contribution is -2.43. The van der Waals surface area contributed by atoms with Crippen molar-refractivity contribution in [2.45, 2.75) is 57.2 Å². The minimum absolute atomic E-state index is 0.164. The van der Waals surface area contributed by atoms with Crippen LogP contribution in [-0.2, 0) is 11.2 Å². The Bertz CT molecular complexity index is 1120. The van der Waals surface area contributed by atoms with Crippen LogP contribution < -0.4 is 10.2 Å². The van der Waals surface area contributed by atoms with E-state index >= 15 is 0 Å². The van der Waals surface area contributed by atoms with Gasteiger partial charge in [-0.1, -0.05) is 54.6 Å². The van der Waals surface area contributed by atoms with E-state index in [-0.39, 0.29) is 12.0 Å². The first-order valence-electron chi connectivity index (χ1n) is 13.1. The molecule has 0 radical (unpaired) electrons. The van der Waals surface area contributed by atoms with Gasteiger partial charge in [-0.2, -0.15) is 0 Å². The van der Waals surface area contributed by atoms with Gasteiger partial charge < -0.3 is 20.2 Å². The molecular weight excluding hydrogens is 434 g/mol. The Balaban J connectivity index is 1.12. The number of rotatable bonds is 6. The van der Waals surface area contributed by atoms with Crippen LogP contribution in [0.5, 0.6) is 0 Å². The van der Waals surface area contributed by atoms with E-state index in [2.05, 4.69) is 83.9 Å². The summed E-state index contributed by atoms with van der Waals surface area (Å²) in [7, 11) is 0. The monoisotopic (exact) mass is 471 g/mol. The smallest absolute Gasteiger partial charge is 0.226 e. The minimum atomic E-state index is -0.251. The van der Waals surface area contributed by atoms with Crippen molar-refractivity contribution in [3.05, 3.63) is 77.9 Å². The second-order valence-corrected chi connectivity index (χ2v) is 10.2. The summed E-state index contributed by atoms with van der Waals surface area (Å²) in [6, 6.07) is 24.6. The first kappa shape index (κ1) is 23.8. The summed E-state index contributed by atoms with van der Waals surface area (Å²) in [6.07, 6.45) is 3.81. The van der Waals surface area contributed by atoms with E-state index in [1.807, 2.05) is 4.90 Å². The molecule has 0 spiro atoms. The standard InChI is InChI=1S/C30H37N3O2/c1-22(28-8-4-6-24-5-2-3-7-29(24)28)31-25-13-17-32(18-14-25)26-11-9-23(10-12-26)21-30(35)33-19-15-27(34)16-20-33/h2-12,22,25,27,31,34H,13-21H2,1H3. The quantitative estimate of drug-likeness (QED) is 0.548. The van der Waals surface area contributed by atoms with Gasteiger partial charge >= 0.3 is 0 Å². The van der Waals surface area contributed by atoms with E-state index in [1.54, 1.807) is 0 Å². The average Bonchev–Trinajstić information content (AvgIpc) is 2.89. The number of likely N-dealkylation sites (tertiary alicyclic amines) is 1. The van der Waals surface area contributed by atoms with Crippen molar-refractivity contribution in [2.75, 3.05) is 31.1 Å². The van der Waals surface area contributed by atoms with Crippen molar-refractivity contribution in [1.82, 2.24) is 10.2 Å². The number of nitrogens with zero attached hydrogens (tertiary/aromatic N) is 2. The maximum atomic E-state index is 12.6. The van der Waals surface area contributed by atoms with Crippen LogP contribution >= 0.6 is 0 Å². The van der Waals surface area contributed by atoms with Crippen molar-refractivity contribution in [3.63, 3.8) is 0 Å². The van der Waals surface area contributed by atoms with Gasteiger partial charge in [0.1, 0.15) is 0 Å². The molecule has 0 aliphatic carbocycles. The molecule has 2 heterocycles. The molecule has 0 bridgehead atoms. The van der Waals surface area contributed by atoms with E-state index in [9.17, 15) is 9.90 Å². The number of anilines is 1. The highest BCUT2D eigenvalue weighted by molar-refractivity contribution is 5.86. The van der Waals surface area contributed by atoms with Gasteiger partial charge in [-0.15, -0.1) is 0 Å². The molecule has 5 heteroatoms. The highest BCUT2D eigenvalue weighted by Gasteiger charge is 2.23. The molecule has 0 aromatic heterocycles. The van der Waals surface area contributed by atoms with Crippen molar-refractivity contribution in [1.29, 1.82) is 0 Å². The molecule has 2 N–H and O–H groups in total. The maximum Gasteiger partial charge on any atom is 0.226 e. The predicted molar refractivity (Wildman–Crippen MR) is 143 cm³/mol. The van der Waals surface area contributed by atoms with Gasteiger partial charge in [0.2, 0.25) is 5.91 Å². The average molecular weight is 472 g/mol. The van der Waals surface area contributed by atoms with Crippen LogP contribution in [0.3, 0.4) is 0 Å². The van der Waals surface area contributed by atoms with Crippen LogP contribution in [0.1, 0.15) is 49.8 Å². The molecule has 35 heavy (non-hydrogen) atoms. The topological polar surface area (TPSA) is 55.8 Å². The lowest BCUT2D eigenvalue weighted by Gasteiger charge is -2.35. The van der Waals surface area contributed by atoms with Crippen molar-refractivity contribution in [2.24, 2.45) is 0 Å². The predicted octanol–water partition coefficient (Wildman–Crippen LogP) is 4.69. The Morgan fingerprint density at radius 2 is 1.60 bits per heavy atom. The largest absolute Gasteiger partial charge is 0.393 e. The number of carbonyl (C=O) groups is 1. The minimum Gasteiger partial charge on any atom is -0.393 e. The molecular formula is C30H37N3O2. The second kappa shape index (κ2) is 10.8. The summed E-state index contributed by atoms with van der Waals surface area (Å²) in [6.45, 7) is 5.68. The Kier molecular flexibility index (Phi) is 7.35. The molecule has 3 aromatic rings. The molecule has 0 saturated carbocycles. The molecule has 3 aromatic carbocycles. The van der Waals surface area contributed by atoms with Gasteiger partial charge in [-0.25, -0.2) is 0 Å². The number of hydrogen-bond acceptors (Lipinski definition) is 4. The number of benzene rings is 3. The molecule has 5 nitrogen and oxygen atoms in total. The number of amides is 1. The molecule has 2 aliphatic heterocycles. The summed E-state index contributed by atoms with van der Waals surface area (Å²) in [5, 5.41) is 16.2. The molecule has 184 valence electrons. The van der Waals surface area contributed by atoms with E-state index in [0.717, 1.165) is 31.5 Å². The van der Waals surface area contributed by atoms with Gasteiger partial charge in [-0.3, -0.25) is 4.79 Å². The number of aliphatic hydroxyl groups excluding tert-OH is 1. The fraction of sp³-hybridized carbons (Fsp3) is 0.433. The molecule has 2 saturated heterocycles. The Labute approximate surface area is 208 Å². The summed E-state index contributed by atoms with van der Waals surface area (Å²) in [5.41, 5.74) is 3.67. The van der Waals surface area contributed by atoms with E-state index in [1.165, 1.54) is 22.0 Å². The molecule has 2 fully saturated rings. The number of aliphatic hydroxyl groups is 1. The zero-order valence-corrected chi connectivity index (χ0v) is 20.7. The molecule has 1 amide bonds. The molecule has 1 unspecified atom stereocenters. The van der Waals surface area contributed by atoms with Crippen molar-refractivity contribution in [3.8, 4) is 0 Å². The van der Waals surface area contributed by atoms with Crippen molar-refractivity contribution >= 4 is 22.4 Å². The summed E-state index contributed by atoms with van der Waals surface area (Å²) >= 11 is 0. The fourth-order valence-electron chi connectivity index (χ4n) is 5.60. The lowest BCUT2D eigenvalue weighted by molar-refractivity contribution is -0.132. The third-order valence-electron chi connectivity index (χ3n) is 7.74. The number of fused-ring (bicyclic) bond motifs is 1. The number of hydrogen-bond donors (Lipinski definition) is 2. The third-order valence-corrected chi connectivity index (χ3v) is 7.74. The maximum absolute atomic E-state index is 12.6. The second-order valence-electron chi connectivity index (χ2n) is 10.2. The van der Waals surface area contributed by atoms with Crippen LogP contribution in [0.15, 0.2) is 66.7 Å². The Morgan fingerprint density at radius 1 is 0.914 bits per heavy atom.